The molecule has 2 nitrogen and oxygen atoms in total. The van der Waals surface area contributed by atoms with Gasteiger partial charge in [0.1, 0.15) is 0 Å². The van der Waals surface area contributed by atoms with Gasteiger partial charge in [0.15, 0.2) is 0 Å². The van der Waals surface area contributed by atoms with Crippen LogP contribution in [0.4, 0.5) is 5.69 Å². The molecule has 3 heteroatoms. The maximum atomic E-state index is 12.3. The van der Waals surface area contributed by atoms with Crippen LogP contribution in [0.5, 0.6) is 0 Å². The van der Waals surface area contributed by atoms with Gasteiger partial charge in [-0.05, 0) is 36.2 Å². The zero-order valence-corrected chi connectivity index (χ0v) is 11.5. The number of hydrogen-bond donors (Lipinski definition) is 1. The molecule has 0 radical (unpaired) electrons. The average Bonchev–Trinajstić information content (AvgIpc) is 2.43. The van der Waals surface area contributed by atoms with Crippen molar-refractivity contribution in [2.75, 3.05) is 5.32 Å². The van der Waals surface area contributed by atoms with Crippen molar-refractivity contribution in [3.05, 3.63) is 65.2 Å². The molecule has 0 fully saturated rings. The van der Waals surface area contributed by atoms with Crippen molar-refractivity contribution in [1.29, 1.82) is 0 Å². The lowest BCUT2D eigenvalue weighted by Crippen LogP contribution is -2.20. The fourth-order valence-electron chi connectivity index (χ4n) is 2.02. The normalized spacial score (nSPS) is 11.9. The monoisotopic (exact) mass is 273 g/mol. The summed E-state index contributed by atoms with van der Waals surface area (Å²) < 4.78 is 0. The molecule has 0 aromatic heterocycles. The van der Waals surface area contributed by atoms with Gasteiger partial charge in [-0.3, -0.25) is 4.79 Å². The van der Waals surface area contributed by atoms with Gasteiger partial charge in [0, 0.05) is 10.7 Å². The van der Waals surface area contributed by atoms with Crippen molar-refractivity contribution in [3.8, 4) is 0 Å². The maximum absolute atomic E-state index is 12.3. The second-order valence-electron chi connectivity index (χ2n) is 4.37. The van der Waals surface area contributed by atoms with Gasteiger partial charge < -0.3 is 5.32 Å². The molecule has 0 aliphatic carbocycles. The van der Waals surface area contributed by atoms with E-state index in [1.165, 1.54) is 0 Å². The highest BCUT2D eigenvalue weighted by Crippen LogP contribution is 2.22. The van der Waals surface area contributed by atoms with Gasteiger partial charge in [-0.15, -0.1) is 0 Å². The molecule has 1 unspecified atom stereocenters. The Morgan fingerprint density at radius 2 is 1.74 bits per heavy atom. The summed E-state index contributed by atoms with van der Waals surface area (Å²) in [5, 5.41) is 3.58. The smallest absolute Gasteiger partial charge is 0.231 e. The Bertz CT molecular complexity index is 536. The molecule has 0 bridgehead atoms. The van der Waals surface area contributed by atoms with Crippen molar-refractivity contribution in [2.24, 2.45) is 0 Å². The molecule has 1 N–H and O–H groups in total. The summed E-state index contributed by atoms with van der Waals surface area (Å²) in [5.41, 5.74) is 1.81. The summed E-state index contributed by atoms with van der Waals surface area (Å²) in [4.78, 5) is 12.3. The van der Waals surface area contributed by atoms with Crippen molar-refractivity contribution >= 4 is 23.2 Å². The highest BCUT2D eigenvalue weighted by Gasteiger charge is 2.18. The predicted molar refractivity (Wildman–Crippen MR) is 79.6 cm³/mol. The molecule has 19 heavy (non-hydrogen) atoms. The molecule has 0 saturated carbocycles. The van der Waals surface area contributed by atoms with Crippen molar-refractivity contribution in [1.82, 2.24) is 0 Å². The van der Waals surface area contributed by atoms with E-state index in [1.807, 2.05) is 37.3 Å². The summed E-state index contributed by atoms with van der Waals surface area (Å²) in [7, 11) is 0. The quantitative estimate of drug-likeness (QED) is 0.875. The van der Waals surface area contributed by atoms with Crippen LogP contribution >= 0.6 is 11.6 Å². The summed E-state index contributed by atoms with van der Waals surface area (Å²) in [6.45, 7) is 2.01. The van der Waals surface area contributed by atoms with Crippen LogP contribution in [-0.2, 0) is 4.79 Å². The molecule has 1 atom stereocenters. The first kappa shape index (κ1) is 13.6. The largest absolute Gasteiger partial charge is 0.326 e. The van der Waals surface area contributed by atoms with Gasteiger partial charge in [-0.2, -0.15) is 0 Å². The number of amides is 1. The molecule has 98 valence electrons. The fraction of sp³-hybridized carbons (Fsp3) is 0.188. The lowest BCUT2D eigenvalue weighted by molar-refractivity contribution is -0.117. The van der Waals surface area contributed by atoms with E-state index >= 15 is 0 Å². The van der Waals surface area contributed by atoms with Gasteiger partial charge >= 0.3 is 0 Å². The van der Waals surface area contributed by atoms with E-state index in [2.05, 4.69) is 5.32 Å². The van der Waals surface area contributed by atoms with Crippen LogP contribution < -0.4 is 5.32 Å². The second-order valence-corrected chi connectivity index (χ2v) is 4.80. The zero-order chi connectivity index (χ0) is 13.7. The van der Waals surface area contributed by atoms with Crippen LogP contribution in [0.3, 0.4) is 0 Å². The Labute approximate surface area is 118 Å². The third-order valence-corrected chi connectivity index (χ3v) is 3.29. The molecule has 0 aliphatic heterocycles. The van der Waals surface area contributed by atoms with Gasteiger partial charge in [0.05, 0.1) is 5.92 Å². The standard InChI is InChI=1S/C16H16ClNO/c1-2-15(12-6-4-3-5-7-12)16(19)18-14-10-8-13(17)9-11-14/h3-11,15H,2H2,1H3,(H,18,19). The molecule has 0 spiro atoms. The minimum atomic E-state index is -0.128. The number of rotatable bonds is 4. The van der Waals surface area contributed by atoms with Gasteiger partial charge in [0.25, 0.3) is 0 Å². The molecule has 0 aliphatic rings. The molecular weight excluding hydrogens is 258 g/mol. The average molecular weight is 274 g/mol. The molecular formula is C16H16ClNO. The number of nitrogens with one attached hydrogen (secondary N) is 1. The van der Waals surface area contributed by atoms with Crippen molar-refractivity contribution in [2.45, 2.75) is 19.3 Å². The first-order chi connectivity index (χ1) is 9.20. The SMILES string of the molecule is CCC(C(=O)Nc1ccc(Cl)cc1)c1ccccc1. The number of anilines is 1. The van der Waals surface area contributed by atoms with Crippen LogP contribution in [0.25, 0.3) is 0 Å². The number of carbonyl (C=O) groups excluding carboxylic acids is 1. The van der Waals surface area contributed by atoms with E-state index in [4.69, 9.17) is 11.6 Å². The Hall–Kier alpha value is -1.80. The zero-order valence-electron chi connectivity index (χ0n) is 10.8. The Kier molecular flexibility index (Phi) is 4.58. The molecule has 2 aromatic carbocycles. The van der Waals surface area contributed by atoms with E-state index in [0.29, 0.717) is 5.02 Å². The van der Waals surface area contributed by atoms with Gasteiger partial charge in [0.2, 0.25) is 5.91 Å². The van der Waals surface area contributed by atoms with E-state index in [-0.39, 0.29) is 11.8 Å². The van der Waals surface area contributed by atoms with Crippen LogP contribution in [-0.4, -0.2) is 5.91 Å². The van der Waals surface area contributed by atoms with Gasteiger partial charge in [-0.1, -0.05) is 48.9 Å². The third kappa shape index (κ3) is 3.58. The van der Waals surface area contributed by atoms with E-state index < -0.39 is 0 Å². The van der Waals surface area contributed by atoms with Crippen molar-refractivity contribution in [3.63, 3.8) is 0 Å². The van der Waals surface area contributed by atoms with Crippen molar-refractivity contribution < 1.29 is 4.79 Å². The Balaban J connectivity index is 2.11. The minimum absolute atomic E-state index is 0.0102. The highest BCUT2D eigenvalue weighted by molar-refractivity contribution is 6.30. The highest BCUT2D eigenvalue weighted by atomic mass is 35.5. The van der Waals surface area contributed by atoms with Crippen LogP contribution in [0.2, 0.25) is 5.02 Å². The predicted octanol–water partition coefficient (Wildman–Crippen LogP) is 4.47. The molecule has 2 rings (SSSR count). The van der Waals surface area contributed by atoms with Gasteiger partial charge in [-0.25, -0.2) is 0 Å². The maximum Gasteiger partial charge on any atom is 0.231 e. The van der Waals surface area contributed by atoms with Crippen LogP contribution in [0, 0.1) is 0 Å². The van der Waals surface area contributed by atoms with E-state index in [1.54, 1.807) is 24.3 Å². The Morgan fingerprint density at radius 3 is 2.32 bits per heavy atom. The summed E-state index contributed by atoms with van der Waals surface area (Å²) in [6.07, 6.45) is 0.767. The third-order valence-electron chi connectivity index (χ3n) is 3.04. The van der Waals surface area contributed by atoms with Crippen LogP contribution in [0.1, 0.15) is 24.8 Å². The lowest BCUT2D eigenvalue weighted by atomic mass is 9.95. The fourth-order valence-corrected chi connectivity index (χ4v) is 2.15. The number of halogens is 1. The van der Waals surface area contributed by atoms with Crippen LogP contribution in [0.15, 0.2) is 54.6 Å². The molecule has 0 saturated heterocycles. The second kappa shape index (κ2) is 6.39. The Morgan fingerprint density at radius 1 is 1.11 bits per heavy atom. The molecule has 1 amide bonds. The molecule has 0 heterocycles. The summed E-state index contributed by atoms with van der Waals surface area (Å²) in [5.74, 6) is -0.118. The minimum Gasteiger partial charge on any atom is -0.326 e. The van der Waals surface area contributed by atoms with E-state index in [0.717, 1.165) is 17.7 Å². The first-order valence-corrected chi connectivity index (χ1v) is 6.70. The number of benzene rings is 2. The number of carbonyl (C=O) groups is 1. The summed E-state index contributed by atoms with van der Waals surface area (Å²) in [6, 6.07) is 17.0. The lowest BCUT2D eigenvalue weighted by Gasteiger charge is -2.15. The summed E-state index contributed by atoms with van der Waals surface area (Å²) >= 11 is 5.82. The first-order valence-electron chi connectivity index (χ1n) is 6.32. The number of hydrogen-bond acceptors (Lipinski definition) is 1. The van der Waals surface area contributed by atoms with E-state index in [9.17, 15) is 4.79 Å². The topological polar surface area (TPSA) is 29.1 Å². The molecule has 2 aromatic rings.